The maximum atomic E-state index is 12.0. The number of thioether (sulfide) groups is 1. The van der Waals surface area contributed by atoms with Gasteiger partial charge in [0.15, 0.2) is 0 Å². The van der Waals surface area contributed by atoms with Gasteiger partial charge in [-0.25, -0.2) is 8.42 Å². The molecule has 0 spiro atoms. The molecule has 2 N–H and O–H groups in total. The normalized spacial score (nSPS) is 13.1. The molecule has 0 aliphatic heterocycles. The predicted molar refractivity (Wildman–Crippen MR) is 105 cm³/mol. The first-order chi connectivity index (χ1) is 11.5. The molecule has 0 aromatic rings. The van der Waals surface area contributed by atoms with E-state index in [0.29, 0.717) is 11.5 Å². The standard InChI is InChI=1S/C17H30N2O4S2/c1-6-16(20)18-15(17(21)19-25(5,22)23)12-24-11-10-14(4)9-7-8-13(2)3/h8,10,15H,6-7,9,11-12H2,1-5H3,(H,18,20)(H,19,21)/b14-10+. The van der Waals surface area contributed by atoms with E-state index in [9.17, 15) is 18.0 Å². The summed E-state index contributed by atoms with van der Waals surface area (Å²) in [4.78, 5) is 23.5. The summed E-state index contributed by atoms with van der Waals surface area (Å²) in [6, 6.07) is -0.869. The van der Waals surface area contributed by atoms with Crippen LogP contribution in [0.5, 0.6) is 0 Å². The largest absolute Gasteiger partial charge is 0.343 e. The lowest BCUT2D eigenvalue weighted by atomic mass is 10.1. The number of rotatable bonds is 11. The van der Waals surface area contributed by atoms with Gasteiger partial charge in [0, 0.05) is 17.9 Å². The molecule has 8 heteroatoms. The van der Waals surface area contributed by atoms with Gasteiger partial charge >= 0.3 is 0 Å². The summed E-state index contributed by atoms with van der Waals surface area (Å²) < 4.78 is 24.3. The van der Waals surface area contributed by atoms with Crippen molar-refractivity contribution in [2.45, 2.75) is 53.0 Å². The number of carbonyl (C=O) groups excluding carboxylic acids is 2. The predicted octanol–water partition coefficient (Wildman–Crippen LogP) is 2.38. The lowest BCUT2D eigenvalue weighted by molar-refractivity contribution is -0.127. The van der Waals surface area contributed by atoms with Crippen LogP contribution in [0.3, 0.4) is 0 Å². The second-order valence-electron chi connectivity index (χ2n) is 6.12. The summed E-state index contributed by atoms with van der Waals surface area (Å²) in [6.07, 6.45) is 7.41. The van der Waals surface area contributed by atoms with E-state index < -0.39 is 22.0 Å². The number of hydrogen-bond acceptors (Lipinski definition) is 5. The Labute approximate surface area is 156 Å². The van der Waals surface area contributed by atoms with Crippen LogP contribution in [0.15, 0.2) is 23.3 Å². The van der Waals surface area contributed by atoms with Crippen LogP contribution in [-0.4, -0.2) is 44.0 Å². The lowest BCUT2D eigenvalue weighted by Gasteiger charge is -2.17. The van der Waals surface area contributed by atoms with Crippen molar-refractivity contribution in [3.8, 4) is 0 Å². The molecule has 0 bridgehead atoms. The van der Waals surface area contributed by atoms with Gasteiger partial charge in [0.05, 0.1) is 6.26 Å². The average Bonchev–Trinajstić information content (AvgIpc) is 2.47. The Hall–Kier alpha value is -1.28. The van der Waals surface area contributed by atoms with Crippen molar-refractivity contribution in [1.82, 2.24) is 10.0 Å². The Bertz CT molecular complexity index is 606. The molecule has 0 aliphatic rings. The monoisotopic (exact) mass is 390 g/mol. The number of allylic oxidation sites excluding steroid dienone is 3. The molecular formula is C17H30N2O4S2. The minimum Gasteiger partial charge on any atom is -0.343 e. The molecule has 0 heterocycles. The van der Waals surface area contributed by atoms with E-state index >= 15 is 0 Å². The highest BCUT2D eigenvalue weighted by Crippen LogP contribution is 2.10. The van der Waals surface area contributed by atoms with Crippen LogP contribution < -0.4 is 10.0 Å². The van der Waals surface area contributed by atoms with Gasteiger partial charge in [-0.1, -0.05) is 30.2 Å². The van der Waals surface area contributed by atoms with E-state index in [2.05, 4.69) is 38.2 Å². The fourth-order valence-electron chi connectivity index (χ4n) is 1.81. The molecule has 0 rings (SSSR count). The Morgan fingerprint density at radius 2 is 1.80 bits per heavy atom. The summed E-state index contributed by atoms with van der Waals surface area (Å²) in [5.74, 6) is 0.0135. The number of hydrogen-bond donors (Lipinski definition) is 2. The van der Waals surface area contributed by atoms with Gasteiger partial charge in [0.2, 0.25) is 15.9 Å². The van der Waals surface area contributed by atoms with Crippen LogP contribution in [0.4, 0.5) is 0 Å². The fourth-order valence-corrected chi connectivity index (χ4v) is 3.33. The molecule has 144 valence electrons. The van der Waals surface area contributed by atoms with Gasteiger partial charge in [-0.2, -0.15) is 11.8 Å². The molecule has 0 saturated carbocycles. The van der Waals surface area contributed by atoms with Gasteiger partial charge in [-0.15, -0.1) is 0 Å². The molecule has 0 radical (unpaired) electrons. The number of sulfonamides is 1. The van der Waals surface area contributed by atoms with Crippen LogP contribution in [0.25, 0.3) is 0 Å². The highest BCUT2D eigenvalue weighted by Gasteiger charge is 2.22. The van der Waals surface area contributed by atoms with Gasteiger partial charge < -0.3 is 5.32 Å². The molecule has 0 fully saturated rings. The molecule has 0 aromatic heterocycles. The van der Waals surface area contributed by atoms with Crippen molar-refractivity contribution in [2.24, 2.45) is 0 Å². The van der Waals surface area contributed by atoms with Gasteiger partial charge in [0.1, 0.15) is 6.04 Å². The van der Waals surface area contributed by atoms with Crippen LogP contribution in [0.1, 0.15) is 47.0 Å². The quantitative estimate of drug-likeness (QED) is 0.417. The third-order valence-electron chi connectivity index (χ3n) is 3.18. The molecule has 0 aromatic carbocycles. The maximum Gasteiger partial charge on any atom is 0.256 e. The van der Waals surface area contributed by atoms with Crippen molar-refractivity contribution in [2.75, 3.05) is 17.8 Å². The number of nitrogens with one attached hydrogen (secondary N) is 2. The zero-order chi connectivity index (χ0) is 19.5. The van der Waals surface area contributed by atoms with E-state index in [1.807, 2.05) is 4.72 Å². The molecular weight excluding hydrogens is 360 g/mol. The second kappa shape index (κ2) is 12.1. The summed E-state index contributed by atoms with van der Waals surface area (Å²) in [7, 11) is -3.65. The smallest absolute Gasteiger partial charge is 0.256 e. The van der Waals surface area contributed by atoms with Crippen molar-refractivity contribution < 1.29 is 18.0 Å². The third kappa shape index (κ3) is 13.7. The minimum absolute atomic E-state index is 0.233. The van der Waals surface area contributed by atoms with E-state index in [4.69, 9.17) is 0 Å². The first-order valence-corrected chi connectivity index (χ1v) is 11.3. The summed E-state index contributed by atoms with van der Waals surface area (Å²) >= 11 is 1.47. The van der Waals surface area contributed by atoms with Crippen molar-refractivity contribution >= 4 is 33.6 Å². The summed E-state index contributed by atoms with van der Waals surface area (Å²) in [6.45, 7) is 7.88. The van der Waals surface area contributed by atoms with E-state index in [1.54, 1.807) is 6.92 Å². The molecule has 2 amide bonds. The van der Waals surface area contributed by atoms with E-state index in [0.717, 1.165) is 19.1 Å². The SMILES string of the molecule is CCC(=O)NC(CSC/C=C(\C)CCC=C(C)C)C(=O)NS(C)(=O)=O. The van der Waals surface area contributed by atoms with Crippen molar-refractivity contribution in [1.29, 1.82) is 0 Å². The molecule has 25 heavy (non-hydrogen) atoms. The third-order valence-corrected chi connectivity index (χ3v) is 4.73. The van der Waals surface area contributed by atoms with Crippen LogP contribution >= 0.6 is 11.8 Å². The van der Waals surface area contributed by atoms with Gasteiger partial charge in [-0.05, 0) is 33.6 Å². The van der Waals surface area contributed by atoms with Crippen LogP contribution in [-0.2, 0) is 19.6 Å². The molecule has 6 nitrogen and oxygen atoms in total. The van der Waals surface area contributed by atoms with Crippen LogP contribution in [0, 0.1) is 0 Å². The summed E-state index contributed by atoms with van der Waals surface area (Å²) in [5, 5.41) is 2.56. The van der Waals surface area contributed by atoms with Gasteiger partial charge in [0.25, 0.3) is 5.91 Å². The van der Waals surface area contributed by atoms with Gasteiger partial charge in [-0.3, -0.25) is 14.3 Å². The van der Waals surface area contributed by atoms with Crippen LogP contribution in [0.2, 0.25) is 0 Å². The average molecular weight is 391 g/mol. The fraction of sp³-hybridized carbons (Fsp3) is 0.647. The van der Waals surface area contributed by atoms with Crippen molar-refractivity contribution in [3.05, 3.63) is 23.3 Å². The minimum atomic E-state index is -3.65. The molecule has 1 atom stereocenters. The Morgan fingerprint density at radius 1 is 1.16 bits per heavy atom. The first-order valence-electron chi connectivity index (χ1n) is 8.22. The number of amides is 2. The second-order valence-corrected chi connectivity index (χ2v) is 8.94. The zero-order valence-corrected chi connectivity index (χ0v) is 17.4. The van der Waals surface area contributed by atoms with E-state index in [1.165, 1.54) is 22.9 Å². The number of carbonyl (C=O) groups is 2. The zero-order valence-electron chi connectivity index (χ0n) is 15.7. The molecule has 1 unspecified atom stereocenters. The Kier molecular flexibility index (Phi) is 11.5. The highest BCUT2D eigenvalue weighted by atomic mass is 32.2. The molecule has 0 aliphatic carbocycles. The Balaban J connectivity index is 4.54. The molecule has 0 saturated heterocycles. The summed E-state index contributed by atoms with van der Waals surface area (Å²) in [5.41, 5.74) is 2.56. The maximum absolute atomic E-state index is 12.0. The van der Waals surface area contributed by atoms with E-state index in [-0.39, 0.29) is 12.3 Å². The highest BCUT2D eigenvalue weighted by molar-refractivity contribution is 7.99. The topological polar surface area (TPSA) is 92.3 Å². The first kappa shape index (κ1) is 23.7. The lowest BCUT2D eigenvalue weighted by Crippen LogP contribution is -2.49. The van der Waals surface area contributed by atoms with Crippen molar-refractivity contribution in [3.63, 3.8) is 0 Å². The Morgan fingerprint density at radius 3 is 2.32 bits per heavy atom.